The lowest BCUT2D eigenvalue weighted by Crippen LogP contribution is -2.24. The highest BCUT2D eigenvalue weighted by Crippen LogP contribution is 2.35. The molecule has 0 atom stereocenters. The van der Waals surface area contributed by atoms with E-state index >= 15 is 0 Å². The fraction of sp³-hybridized carbons (Fsp3) is 0.214. The topological polar surface area (TPSA) is 116 Å². The molecule has 1 aliphatic rings. The Morgan fingerprint density at radius 3 is 2.85 bits per heavy atom. The quantitative estimate of drug-likeness (QED) is 0.252. The van der Waals surface area contributed by atoms with E-state index in [0.29, 0.717) is 40.8 Å². The molecule has 0 radical (unpaired) electrons. The van der Waals surface area contributed by atoms with E-state index in [1.54, 1.807) is 36.6 Å². The van der Waals surface area contributed by atoms with Crippen molar-refractivity contribution in [3.8, 4) is 33.2 Å². The van der Waals surface area contributed by atoms with Gasteiger partial charge in [-0.15, -0.1) is 11.3 Å². The second-order valence-electron chi connectivity index (χ2n) is 9.95. The molecule has 0 bridgehead atoms. The Bertz CT molecular complexity index is 1910. The summed E-state index contributed by atoms with van der Waals surface area (Å²) in [5.41, 5.74) is 5.86. The molecule has 0 amide bonds. The van der Waals surface area contributed by atoms with E-state index in [-0.39, 0.29) is 18.7 Å². The van der Waals surface area contributed by atoms with Crippen molar-refractivity contribution in [1.82, 2.24) is 40.0 Å². The summed E-state index contributed by atoms with van der Waals surface area (Å²) in [7, 11) is 0. The second-order valence-corrected chi connectivity index (χ2v) is 11.0. The molecule has 1 saturated heterocycles. The molecule has 1 aliphatic heterocycles. The number of ketones is 1. The monoisotopic (exact) mass is 556 g/mol. The summed E-state index contributed by atoms with van der Waals surface area (Å²) in [5, 5.41) is 8.33. The fourth-order valence-electron chi connectivity index (χ4n) is 5.07. The molecule has 1 fully saturated rings. The van der Waals surface area contributed by atoms with Gasteiger partial charge in [0, 0.05) is 59.5 Å². The average molecular weight is 557 g/mol. The number of carbonyl (C=O) groups excluding carboxylic acids is 1. The van der Waals surface area contributed by atoms with Crippen LogP contribution in [0.3, 0.4) is 0 Å². The van der Waals surface area contributed by atoms with Crippen LogP contribution in [0.25, 0.3) is 55.3 Å². The molecule has 40 heavy (non-hydrogen) atoms. The highest BCUT2D eigenvalue weighted by molar-refractivity contribution is 7.17. The standard InChI is InChI=1S/C28H22F2N8OS/c1-15(39)22-2-3-23(40-22)18-4-6-32-26-24(18)34-27(35-26)25-19-9-20(33-12-21(19)36-37-25)17-8-16(10-31-11-17)13-38-7-5-28(29,30)14-38/h2-4,6,8-12H,5,7,13-14H2,1H3,(H,36,37)(H,32,34,35). The van der Waals surface area contributed by atoms with Crippen molar-refractivity contribution >= 4 is 39.2 Å². The Morgan fingerprint density at radius 2 is 2.05 bits per heavy atom. The number of likely N-dealkylation sites (tertiary alicyclic amines) is 1. The van der Waals surface area contributed by atoms with Gasteiger partial charge in [-0.05, 0) is 42.8 Å². The van der Waals surface area contributed by atoms with Gasteiger partial charge in [0.1, 0.15) is 5.69 Å². The third-order valence-electron chi connectivity index (χ3n) is 7.03. The first kappa shape index (κ1) is 24.6. The minimum Gasteiger partial charge on any atom is -0.335 e. The number of fused-ring (bicyclic) bond motifs is 2. The minimum atomic E-state index is -2.64. The molecule has 6 aromatic heterocycles. The molecule has 0 unspecified atom stereocenters. The van der Waals surface area contributed by atoms with E-state index in [1.165, 1.54) is 11.3 Å². The fourth-order valence-corrected chi connectivity index (χ4v) is 6.00. The zero-order valence-electron chi connectivity index (χ0n) is 21.3. The van der Waals surface area contributed by atoms with Gasteiger partial charge >= 0.3 is 0 Å². The number of thiophene rings is 1. The maximum atomic E-state index is 13.6. The van der Waals surface area contributed by atoms with Gasteiger partial charge in [0.15, 0.2) is 17.3 Å². The normalized spacial score (nSPS) is 15.4. The summed E-state index contributed by atoms with van der Waals surface area (Å²) in [6, 6.07) is 9.50. The van der Waals surface area contributed by atoms with Crippen LogP contribution in [0.4, 0.5) is 8.78 Å². The Kier molecular flexibility index (Phi) is 5.75. The Balaban J connectivity index is 1.24. The molecule has 2 N–H and O–H groups in total. The summed E-state index contributed by atoms with van der Waals surface area (Å²) in [6.45, 7) is 2.08. The predicted molar refractivity (Wildman–Crippen MR) is 148 cm³/mol. The first-order chi connectivity index (χ1) is 19.3. The Morgan fingerprint density at radius 1 is 1.15 bits per heavy atom. The largest absolute Gasteiger partial charge is 0.335 e. The number of Topliss-reactive ketones (excluding diaryl/α,β-unsaturated/α-hetero) is 1. The number of rotatable bonds is 6. The van der Waals surface area contributed by atoms with Crippen molar-refractivity contribution < 1.29 is 13.6 Å². The molecule has 0 saturated carbocycles. The lowest BCUT2D eigenvalue weighted by atomic mass is 10.1. The van der Waals surface area contributed by atoms with Crippen molar-refractivity contribution in [2.24, 2.45) is 0 Å². The number of carbonyl (C=O) groups is 1. The number of pyridine rings is 3. The van der Waals surface area contributed by atoms with Gasteiger partial charge in [-0.1, -0.05) is 0 Å². The van der Waals surface area contributed by atoms with Gasteiger partial charge in [-0.25, -0.2) is 18.7 Å². The van der Waals surface area contributed by atoms with Crippen LogP contribution in [0, 0.1) is 0 Å². The molecule has 9 nitrogen and oxygen atoms in total. The lowest BCUT2D eigenvalue weighted by molar-refractivity contribution is 0.0115. The summed E-state index contributed by atoms with van der Waals surface area (Å²) in [4.78, 5) is 36.6. The first-order valence-electron chi connectivity index (χ1n) is 12.7. The van der Waals surface area contributed by atoms with E-state index in [1.807, 2.05) is 30.3 Å². The number of aromatic amines is 2. The van der Waals surface area contributed by atoms with Gasteiger partial charge in [-0.2, -0.15) is 5.10 Å². The molecule has 200 valence electrons. The molecule has 0 aromatic carbocycles. The molecule has 0 spiro atoms. The summed E-state index contributed by atoms with van der Waals surface area (Å²) >= 11 is 1.43. The molecular weight excluding hydrogens is 534 g/mol. The first-order valence-corrected chi connectivity index (χ1v) is 13.5. The van der Waals surface area contributed by atoms with Crippen LogP contribution in [-0.4, -0.2) is 64.8 Å². The van der Waals surface area contributed by atoms with E-state index < -0.39 is 5.92 Å². The highest BCUT2D eigenvalue weighted by atomic mass is 32.1. The van der Waals surface area contributed by atoms with Crippen LogP contribution in [0.15, 0.2) is 55.1 Å². The summed E-state index contributed by atoms with van der Waals surface area (Å²) < 4.78 is 27.3. The summed E-state index contributed by atoms with van der Waals surface area (Å²) in [5.74, 6) is -2.06. The third-order valence-corrected chi connectivity index (χ3v) is 8.25. The number of imidazole rings is 1. The molecule has 6 aromatic rings. The number of H-pyrrole nitrogens is 2. The minimum absolute atomic E-state index is 0.0255. The number of hydrogen-bond donors (Lipinski definition) is 2. The van der Waals surface area contributed by atoms with Crippen molar-refractivity contribution in [2.75, 3.05) is 13.1 Å². The maximum absolute atomic E-state index is 13.6. The molecule has 7 heterocycles. The zero-order chi connectivity index (χ0) is 27.4. The second kappa shape index (κ2) is 9.35. The van der Waals surface area contributed by atoms with Gasteiger partial charge in [-0.3, -0.25) is 24.8 Å². The van der Waals surface area contributed by atoms with E-state index in [2.05, 4.69) is 30.1 Å². The number of hydrogen-bond acceptors (Lipinski definition) is 8. The van der Waals surface area contributed by atoms with E-state index in [4.69, 9.17) is 4.98 Å². The van der Waals surface area contributed by atoms with Crippen LogP contribution in [0.2, 0.25) is 0 Å². The van der Waals surface area contributed by atoms with Crippen molar-refractivity contribution in [1.29, 1.82) is 0 Å². The summed E-state index contributed by atoms with van der Waals surface area (Å²) in [6.07, 6.45) is 6.70. The van der Waals surface area contributed by atoms with Crippen molar-refractivity contribution in [2.45, 2.75) is 25.8 Å². The van der Waals surface area contributed by atoms with Crippen molar-refractivity contribution in [3.63, 3.8) is 0 Å². The highest BCUT2D eigenvalue weighted by Gasteiger charge is 2.37. The maximum Gasteiger partial charge on any atom is 0.261 e. The predicted octanol–water partition coefficient (Wildman–Crippen LogP) is 5.73. The van der Waals surface area contributed by atoms with Crippen LogP contribution >= 0.6 is 11.3 Å². The number of halogens is 2. The zero-order valence-corrected chi connectivity index (χ0v) is 22.1. The number of aromatic nitrogens is 7. The molecular formula is C28H22F2N8OS. The SMILES string of the molecule is CC(=O)c1ccc(-c2ccnc3nc(-c4n[nH]c5cnc(-c6cncc(CN7CCC(F)(F)C7)c6)cc45)[nH]c23)s1. The van der Waals surface area contributed by atoms with Gasteiger partial charge in [0.05, 0.1) is 34.3 Å². The van der Waals surface area contributed by atoms with Crippen LogP contribution in [0.1, 0.15) is 28.6 Å². The average Bonchev–Trinajstić information content (AvgIpc) is 3.73. The van der Waals surface area contributed by atoms with Crippen LogP contribution < -0.4 is 0 Å². The van der Waals surface area contributed by atoms with Crippen LogP contribution in [0.5, 0.6) is 0 Å². The smallest absolute Gasteiger partial charge is 0.261 e. The molecule has 12 heteroatoms. The number of nitrogens with zero attached hydrogens (tertiary/aromatic N) is 6. The Hall–Kier alpha value is -4.42. The van der Waals surface area contributed by atoms with Crippen molar-refractivity contribution in [3.05, 3.63) is 65.6 Å². The van der Waals surface area contributed by atoms with Crippen LogP contribution in [-0.2, 0) is 6.54 Å². The number of nitrogens with one attached hydrogen (secondary N) is 2. The lowest BCUT2D eigenvalue weighted by Gasteiger charge is -2.15. The van der Waals surface area contributed by atoms with E-state index in [0.717, 1.165) is 38.0 Å². The third kappa shape index (κ3) is 4.44. The van der Waals surface area contributed by atoms with Gasteiger partial charge in [0.2, 0.25) is 0 Å². The van der Waals surface area contributed by atoms with Gasteiger partial charge < -0.3 is 4.98 Å². The number of alkyl halides is 2. The van der Waals surface area contributed by atoms with Gasteiger partial charge in [0.25, 0.3) is 5.92 Å². The Labute approximate surface area is 230 Å². The molecule has 0 aliphatic carbocycles. The van der Waals surface area contributed by atoms with E-state index in [9.17, 15) is 13.6 Å². The molecule has 7 rings (SSSR count).